The lowest BCUT2D eigenvalue weighted by Gasteiger charge is -2.06. The summed E-state index contributed by atoms with van der Waals surface area (Å²) in [5.74, 6) is -0.501. The van der Waals surface area contributed by atoms with Crippen LogP contribution in [0.25, 0.3) is 16.9 Å². The minimum absolute atomic E-state index is 0.0930. The molecule has 2 aromatic heterocycles. The van der Waals surface area contributed by atoms with E-state index in [-0.39, 0.29) is 17.5 Å². The highest BCUT2D eigenvalue weighted by atomic mass is 35.5. The number of benzene rings is 2. The molecule has 2 heterocycles. The smallest absolute Gasteiger partial charge is 0.234 e. The van der Waals surface area contributed by atoms with Crippen molar-refractivity contribution in [2.24, 2.45) is 0 Å². The Morgan fingerprint density at radius 3 is 2.66 bits per heavy atom. The predicted molar refractivity (Wildman–Crippen MR) is 110 cm³/mol. The van der Waals surface area contributed by atoms with E-state index in [1.54, 1.807) is 30.3 Å². The maximum Gasteiger partial charge on any atom is 0.234 e. The summed E-state index contributed by atoms with van der Waals surface area (Å²) < 4.78 is 14.6. The molecule has 0 saturated carbocycles. The van der Waals surface area contributed by atoms with Gasteiger partial charge in [-0.15, -0.1) is 5.10 Å². The molecule has 1 N–H and O–H groups in total. The maximum absolute atomic E-state index is 13.2. The van der Waals surface area contributed by atoms with Crippen molar-refractivity contribution < 1.29 is 9.18 Å². The molecule has 4 aromatic rings. The molecule has 0 aliphatic carbocycles. The van der Waals surface area contributed by atoms with Gasteiger partial charge in [-0.1, -0.05) is 40.2 Å². The molecule has 0 radical (unpaired) electrons. The molecule has 0 aliphatic rings. The Morgan fingerprint density at radius 2 is 1.90 bits per heavy atom. The number of fused-ring (bicyclic) bond motifs is 1. The molecule has 4 rings (SSSR count). The molecule has 0 fully saturated rings. The van der Waals surface area contributed by atoms with Gasteiger partial charge in [-0.3, -0.25) is 4.79 Å². The monoisotopic (exact) mass is 448 g/mol. The van der Waals surface area contributed by atoms with E-state index in [9.17, 15) is 9.18 Å². The summed E-state index contributed by atoms with van der Waals surface area (Å²) in [5, 5.41) is 12.2. The Balaban J connectivity index is 1.50. The summed E-state index contributed by atoms with van der Waals surface area (Å²) in [7, 11) is 0. The second-order valence-electron chi connectivity index (χ2n) is 5.79. The Labute approximate surface area is 178 Å². The fraction of sp³-hybridized carbons (Fsp3) is 0.0556. The first-order valence-corrected chi connectivity index (χ1v) is 9.95. The van der Waals surface area contributed by atoms with Gasteiger partial charge in [-0.25, -0.2) is 14.4 Å². The predicted octanol–water partition coefficient (Wildman–Crippen LogP) is 4.39. The lowest BCUT2D eigenvalue weighted by atomic mass is 10.3. The number of thioether (sulfide) groups is 1. The first-order chi connectivity index (χ1) is 14.0. The van der Waals surface area contributed by atoms with Crippen LogP contribution in [0.5, 0.6) is 0 Å². The number of halogens is 3. The number of hydrogen-bond donors (Lipinski definition) is 1. The molecular formula is C18H11Cl2FN6OS. The minimum Gasteiger partial charge on any atom is -0.325 e. The molecule has 0 atom stereocenters. The zero-order valence-electron chi connectivity index (χ0n) is 14.5. The van der Waals surface area contributed by atoms with Crippen LogP contribution in [0.3, 0.4) is 0 Å². The van der Waals surface area contributed by atoms with Gasteiger partial charge in [0.25, 0.3) is 0 Å². The van der Waals surface area contributed by atoms with Crippen LogP contribution >= 0.6 is 35.0 Å². The number of amides is 1. The molecule has 0 bridgehead atoms. The third kappa shape index (κ3) is 4.31. The molecular weight excluding hydrogens is 438 g/mol. The maximum atomic E-state index is 13.2. The van der Waals surface area contributed by atoms with Crippen molar-refractivity contribution in [3.8, 4) is 5.69 Å². The van der Waals surface area contributed by atoms with Gasteiger partial charge in [0.1, 0.15) is 17.2 Å². The number of aromatic nitrogens is 5. The summed E-state index contributed by atoms with van der Waals surface area (Å²) in [5.41, 5.74) is 2.06. The van der Waals surface area contributed by atoms with Crippen molar-refractivity contribution in [3.05, 3.63) is 64.7 Å². The van der Waals surface area contributed by atoms with Gasteiger partial charge in [-0.05, 0) is 42.5 Å². The summed E-state index contributed by atoms with van der Waals surface area (Å²) in [6.07, 6.45) is 1.37. The SMILES string of the molecule is O=C(CSc1ncnc2c1nnn2-c1ccc(F)cc1)Nc1ccc(Cl)c(Cl)c1. The number of hydrogen-bond acceptors (Lipinski definition) is 6. The fourth-order valence-electron chi connectivity index (χ4n) is 2.49. The van der Waals surface area contributed by atoms with Crippen LogP contribution < -0.4 is 5.32 Å². The third-order valence-electron chi connectivity index (χ3n) is 3.82. The van der Waals surface area contributed by atoms with Gasteiger partial charge in [0.05, 0.1) is 21.5 Å². The highest BCUT2D eigenvalue weighted by molar-refractivity contribution is 8.00. The van der Waals surface area contributed by atoms with Gasteiger partial charge < -0.3 is 5.32 Å². The van der Waals surface area contributed by atoms with Crippen molar-refractivity contribution in [2.75, 3.05) is 11.1 Å². The van der Waals surface area contributed by atoms with Crippen LogP contribution in [0.1, 0.15) is 0 Å². The Bertz CT molecular complexity index is 1200. The van der Waals surface area contributed by atoms with Gasteiger partial charge in [-0.2, -0.15) is 4.68 Å². The number of nitrogens with zero attached hydrogens (tertiary/aromatic N) is 5. The zero-order chi connectivity index (χ0) is 20.4. The first-order valence-electron chi connectivity index (χ1n) is 8.21. The molecule has 0 spiro atoms. The molecule has 146 valence electrons. The van der Waals surface area contributed by atoms with Gasteiger partial charge in [0.2, 0.25) is 5.91 Å². The van der Waals surface area contributed by atoms with E-state index in [0.717, 1.165) is 0 Å². The van der Waals surface area contributed by atoms with Crippen LogP contribution in [0.2, 0.25) is 10.0 Å². The van der Waals surface area contributed by atoms with Gasteiger partial charge in [0.15, 0.2) is 11.2 Å². The standard InChI is InChI=1S/C18H11Cl2FN6OS/c19-13-6-3-11(7-14(13)20)24-15(28)8-29-18-16-17(22-9-23-18)27(26-25-16)12-4-1-10(21)2-5-12/h1-7,9H,8H2,(H,24,28). The molecule has 11 heteroatoms. The Hall–Kier alpha value is -2.75. The quantitative estimate of drug-likeness (QED) is 0.360. The molecule has 1 amide bonds. The van der Waals surface area contributed by atoms with Crippen LogP contribution in [-0.2, 0) is 4.79 Å². The Kier molecular flexibility index (Phi) is 5.61. The lowest BCUT2D eigenvalue weighted by molar-refractivity contribution is -0.113. The summed E-state index contributed by atoms with van der Waals surface area (Å²) in [6.45, 7) is 0. The Morgan fingerprint density at radius 1 is 1.10 bits per heavy atom. The summed E-state index contributed by atoms with van der Waals surface area (Å²) >= 11 is 13.0. The van der Waals surface area contributed by atoms with E-state index in [4.69, 9.17) is 23.2 Å². The molecule has 2 aromatic carbocycles. The van der Waals surface area contributed by atoms with Crippen LogP contribution in [0.15, 0.2) is 53.8 Å². The minimum atomic E-state index is -0.350. The van der Waals surface area contributed by atoms with Crippen molar-refractivity contribution in [1.82, 2.24) is 25.0 Å². The zero-order valence-corrected chi connectivity index (χ0v) is 16.8. The number of rotatable bonds is 5. The largest absolute Gasteiger partial charge is 0.325 e. The normalized spacial score (nSPS) is 11.0. The highest BCUT2D eigenvalue weighted by Crippen LogP contribution is 2.26. The van der Waals surface area contributed by atoms with E-state index in [0.29, 0.717) is 37.6 Å². The van der Waals surface area contributed by atoms with E-state index < -0.39 is 0 Å². The second kappa shape index (κ2) is 8.32. The number of anilines is 1. The van der Waals surface area contributed by atoms with Crippen LogP contribution in [0, 0.1) is 5.82 Å². The molecule has 29 heavy (non-hydrogen) atoms. The van der Waals surface area contributed by atoms with Crippen molar-refractivity contribution in [3.63, 3.8) is 0 Å². The topological polar surface area (TPSA) is 85.6 Å². The number of nitrogens with one attached hydrogen (secondary N) is 1. The average molecular weight is 449 g/mol. The molecule has 0 aliphatic heterocycles. The van der Waals surface area contributed by atoms with Crippen molar-refractivity contribution in [1.29, 1.82) is 0 Å². The van der Waals surface area contributed by atoms with E-state index in [1.807, 2.05) is 0 Å². The second-order valence-corrected chi connectivity index (χ2v) is 7.57. The third-order valence-corrected chi connectivity index (χ3v) is 5.54. The molecule has 0 saturated heterocycles. The number of carbonyl (C=O) groups excluding carboxylic acids is 1. The van der Waals surface area contributed by atoms with E-state index >= 15 is 0 Å². The van der Waals surface area contributed by atoms with E-state index in [1.165, 1.54) is 34.9 Å². The fourth-order valence-corrected chi connectivity index (χ4v) is 3.52. The lowest BCUT2D eigenvalue weighted by Crippen LogP contribution is -2.14. The first kappa shape index (κ1) is 19.6. The highest BCUT2D eigenvalue weighted by Gasteiger charge is 2.15. The van der Waals surface area contributed by atoms with E-state index in [2.05, 4.69) is 25.6 Å². The van der Waals surface area contributed by atoms with Crippen LogP contribution in [0.4, 0.5) is 10.1 Å². The number of carbonyl (C=O) groups is 1. The molecule has 0 unspecified atom stereocenters. The average Bonchev–Trinajstić information content (AvgIpc) is 3.14. The van der Waals surface area contributed by atoms with Crippen molar-refractivity contribution in [2.45, 2.75) is 5.03 Å². The van der Waals surface area contributed by atoms with Crippen LogP contribution in [-0.4, -0.2) is 36.6 Å². The van der Waals surface area contributed by atoms with Gasteiger partial charge in [0, 0.05) is 5.69 Å². The summed E-state index contributed by atoms with van der Waals surface area (Å²) in [6, 6.07) is 10.6. The van der Waals surface area contributed by atoms with Crippen molar-refractivity contribution >= 4 is 57.7 Å². The van der Waals surface area contributed by atoms with Gasteiger partial charge >= 0.3 is 0 Å². The summed E-state index contributed by atoms with van der Waals surface area (Å²) in [4.78, 5) is 20.6. The molecule has 7 nitrogen and oxygen atoms in total.